The van der Waals surface area contributed by atoms with Crippen LogP contribution in [0.3, 0.4) is 0 Å². The number of hydrogen-bond donors (Lipinski definition) is 2. The number of benzene rings is 2. The summed E-state index contributed by atoms with van der Waals surface area (Å²) in [6.07, 6.45) is 0. The van der Waals surface area contributed by atoms with Crippen LogP contribution in [-0.2, 0) is 5.60 Å². The predicted octanol–water partition coefficient (Wildman–Crippen LogP) is 3.81. The Bertz CT molecular complexity index is 718. The van der Waals surface area contributed by atoms with Gasteiger partial charge in [-0.05, 0) is 36.8 Å². The van der Waals surface area contributed by atoms with Gasteiger partial charge in [-0.15, -0.1) is 0 Å². The third-order valence-electron chi connectivity index (χ3n) is 3.23. The Labute approximate surface area is 131 Å². The summed E-state index contributed by atoms with van der Waals surface area (Å²) in [6, 6.07) is 10.1. The van der Waals surface area contributed by atoms with Gasteiger partial charge < -0.3 is 10.4 Å². The van der Waals surface area contributed by atoms with Gasteiger partial charge in [-0.2, -0.15) is 5.26 Å². The van der Waals surface area contributed by atoms with Crippen molar-refractivity contribution in [2.75, 3.05) is 11.9 Å². The van der Waals surface area contributed by atoms with Crippen LogP contribution in [0.15, 0.2) is 36.4 Å². The second kappa shape index (κ2) is 6.30. The molecule has 0 radical (unpaired) electrons. The van der Waals surface area contributed by atoms with Crippen molar-refractivity contribution in [2.45, 2.75) is 12.5 Å². The number of anilines is 1. The van der Waals surface area contributed by atoms with Crippen LogP contribution in [0.5, 0.6) is 0 Å². The molecule has 2 N–H and O–H groups in total. The number of nitrogens with one attached hydrogen (secondary N) is 1. The monoisotopic (exact) mass is 322 g/mol. The van der Waals surface area contributed by atoms with Gasteiger partial charge in [0.25, 0.3) is 0 Å². The first-order valence-electron chi connectivity index (χ1n) is 6.45. The van der Waals surface area contributed by atoms with Gasteiger partial charge >= 0.3 is 0 Å². The van der Waals surface area contributed by atoms with Crippen molar-refractivity contribution >= 4 is 17.3 Å². The molecule has 0 heterocycles. The molecule has 114 valence electrons. The lowest BCUT2D eigenvalue weighted by molar-refractivity contribution is 0.0714. The van der Waals surface area contributed by atoms with E-state index in [0.717, 1.165) is 12.1 Å². The molecule has 2 rings (SSSR count). The van der Waals surface area contributed by atoms with Crippen LogP contribution >= 0.6 is 11.6 Å². The maximum absolute atomic E-state index is 13.8. The van der Waals surface area contributed by atoms with Crippen molar-refractivity contribution in [3.8, 4) is 6.07 Å². The van der Waals surface area contributed by atoms with E-state index in [-0.39, 0.29) is 17.8 Å². The van der Waals surface area contributed by atoms with Crippen LogP contribution in [0.25, 0.3) is 0 Å². The van der Waals surface area contributed by atoms with E-state index in [4.69, 9.17) is 16.9 Å². The Hall–Kier alpha value is -2.16. The number of rotatable bonds is 4. The molecule has 0 saturated carbocycles. The molecule has 3 nitrogen and oxygen atoms in total. The quantitative estimate of drug-likeness (QED) is 0.900. The van der Waals surface area contributed by atoms with Crippen molar-refractivity contribution < 1.29 is 13.9 Å². The summed E-state index contributed by atoms with van der Waals surface area (Å²) in [7, 11) is 0. The second-order valence-electron chi connectivity index (χ2n) is 5.06. The number of nitriles is 1. The molecule has 2 aromatic rings. The minimum Gasteiger partial charge on any atom is -0.384 e. The average Bonchev–Trinajstić information content (AvgIpc) is 2.46. The summed E-state index contributed by atoms with van der Waals surface area (Å²) in [5.41, 5.74) is -1.36. The lowest BCUT2D eigenvalue weighted by Crippen LogP contribution is -2.31. The van der Waals surface area contributed by atoms with E-state index in [2.05, 4.69) is 5.32 Å². The van der Waals surface area contributed by atoms with Crippen LogP contribution in [0, 0.1) is 23.0 Å². The molecular weight excluding hydrogens is 310 g/mol. The molecule has 0 aromatic heterocycles. The van der Waals surface area contributed by atoms with E-state index >= 15 is 0 Å². The van der Waals surface area contributed by atoms with E-state index in [1.807, 2.05) is 0 Å². The maximum atomic E-state index is 13.8. The Morgan fingerprint density at radius 3 is 2.45 bits per heavy atom. The first-order chi connectivity index (χ1) is 10.3. The standard InChI is InChI=1S/C16H13ClF2N2O/c1-16(22,11-3-2-4-12(17)7-11)9-21-15-13(18)5-10(8-20)6-14(15)19/h2-7,21-22H,9H2,1H3. The van der Waals surface area contributed by atoms with E-state index < -0.39 is 17.2 Å². The number of hydrogen-bond acceptors (Lipinski definition) is 3. The molecule has 1 unspecified atom stereocenters. The highest BCUT2D eigenvalue weighted by atomic mass is 35.5. The van der Waals surface area contributed by atoms with Crippen LogP contribution in [0.2, 0.25) is 5.02 Å². The van der Waals surface area contributed by atoms with Crippen LogP contribution in [-0.4, -0.2) is 11.7 Å². The third kappa shape index (κ3) is 3.53. The Morgan fingerprint density at radius 1 is 1.27 bits per heavy atom. The SMILES string of the molecule is CC(O)(CNc1c(F)cc(C#N)cc1F)c1cccc(Cl)c1. The lowest BCUT2D eigenvalue weighted by atomic mass is 9.96. The van der Waals surface area contributed by atoms with Crippen molar-refractivity contribution in [3.63, 3.8) is 0 Å². The molecule has 6 heteroatoms. The molecule has 0 aliphatic heterocycles. The fourth-order valence-corrected chi connectivity index (χ4v) is 2.18. The van der Waals surface area contributed by atoms with E-state index in [1.165, 1.54) is 6.92 Å². The largest absolute Gasteiger partial charge is 0.384 e. The maximum Gasteiger partial charge on any atom is 0.150 e. The highest BCUT2D eigenvalue weighted by molar-refractivity contribution is 6.30. The van der Waals surface area contributed by atoms with E-state index in [0.29, 0.717) is 10.6 Å². The van der Waals surface area contributed by atoms with Gasteiger partial charge in [-0.3, -0.25) is 0 Å². The van der Waals surface area contributed by atoms with Crippen molar-refractivity contribution in [1.29, 1.82) is 5.26 Å². The molecule has 0 bridgehead atoms. The summed E-state index contributed by atoms with van der Waals surface area (Å²) < 4.78 is 27.6. The van der Waals surface area contributed by atoms with E-state index in [9.17, 15) is 13.9 Å². The zero-order valence-electron chi connectivity index (χ0n) is 11.7. The van der Waals surface area contributed by atoms with Crippen molar-refractivity contribution in [3.05, 3.63) is 64.2 Å². The van der Waals surface area contributed by atoms with Crippen molar-refractivity contribution in [1.82, 2.24) is 0 Å². The summed E-state index contributed by atoms with van der Waals surface area (Å²) in [4.78, 5) is 0. The molecule has 0 aliphatic rings. The van der Waals surface area contributed by atoms with Gasteiger partial charge in [0.15, 0.2) is 11.6 Å². The normalized spacial score (nSPS) is 13.3. The molecule has 2 aromatic carbocycles. The molecule has 0 amide bonds. The molecule has 0 saturated heterocycles. The van der Waals surface area contributed by atoms with Gasteiger partial charge in [0, 0.05) is 11.6 Å². The Morgan fingerprint density at radius 2 is 1.91 bits per heavy atom. The molecule has 1 atom stereocenters. The fraction of sp³-hybridized carbons (Fsp3) is 0.188. The van der Waals surface area contributed by atoms with Gasteiger partial charge in [-0.25, -0.2) is 8.78 Å². The lowest BCUT2D eigenvalue weighted by Gasteiger charge is -2.25. The first-order valence-corrected chi connectivity index (χ1v) is 6.83. The molecular formula is C16H13ClF2N2O. The minimum absolute atomic E-state index is 0.109. The summed E-state index contributed by atoms with van der Waals surface area (Å²) in [6.45, 7) is 1.37. The number of halogens is 3. The van der Waals surface area contributed by atoms with Crippen molar-refractivity contribution in [2.24, 2.45) is 0 Å². The first kappa shape index (κ1) is 16.2. The topological polar surface area (TPSA) is 56.0 Å². The van der Waals surface area contributed by atoms with Crippen LogP contribution in [0.1, 0.15) is 18.1 Å². The van der Waals surface area contributed by atoms with Gasteiger partial charge in [-0.1, -0.05) is 23.7 Å². The zero-order chi connectivity index (χ0) is 16.3. The highest BCUT2D eigenvalue weighted by Crippen LogP contribution is 2.26. The summed E-state index contributed by atoms with van der Waals surface area (Å²) in [5.74, 6) is -1.78. The number of aliphatic hydroxyl groups is 1. The Kier molecular flexibility index (Phi) is 4.65. The Balaban J connectivity index is 2.21. The highest BCUT2D eigenvalue weighted by Gasteiger charge is 2.24. The average molecular weight is 323 g/mol. The third-order valence-corrected chi connectivity index (χ3v) is 3.46. The summed E-state index contributed by atoms with van der Waals surface area (Å²) >= 11 is 5.87. The molecule has 22 heavy (non-hydrogen) atoms. The smallest absolute Gasteiger partial charge is 0.150 e. The van der Waals surface area contributed by atoms with E-state index in [1.54, 1.807) is 30.3 Å². The van der Waals surface area contributed by atoms with Gasteiger partial charge in [0.1, 0.15) is 11.3 Å². The zero-order valence-corrected chi connectivity index (χ0v) is 12.5. The van der Waals surface area contributed by atoms with Crippen LogP contribution < -0.4 is 5.32 Å². The molecule has 0 aliphatic carbocycles. The molecule has 0 spiro atoms. The summed E-state index contributed by atoms with van der Waals surface area (Å²) in [5, 5.41) is 22.1. The van der Waals surface area contributed by atoms with Gasteiger partial charge in [0.2, 0.25) is 0 Å². The molecule has 0 fully saturated rings. The fourth-order valence-electron chi connectivity index (χ4n) is 1.99. The predicted molar refractivity (Wildman–Crippen MR) is 80.6 cm³/mol. The van der Waals surface area contributed by atoms with Crippen LogP contribution in [0.4, 0.5) is 14.5 Å². The van der Waals surface area contributed by atoms with Gasteiger partial charge in [0.05, 0.1) is 11.6 Å². The number of nitrogens with zero attached hydrogens (tertiary/aromatic N) is 1. The second-order valence-corrected chi connectivity index (χ2v) is 5.50. The minimum atomic E-state index is -1.38.